The number of carbonyl (C=O) groups excluding carboxylic acids is 1. The average Bonchev–Trinajstić information content (AvgIpc) is 3.01. The molecule has 0 atom stereocenters. The van der Waals surface area contributed by atoms with Crippen LogP contribution in [0.5, 0.6) is 0 Å². The number of aromatic nitrogens is 1. The summed E-state index contributed by atoms with van der Waals surface area (Å²) in [6.45, 7) is 3.73. The molecule has 2 aromatic carbocycles. The standard InChI is InChI=1S/C20H18INO4S/c1-3-26-20(23)18-13-17(21)19(15-7-5-4-6-8-15)22(18)27(24,25)16-11-9-14(2)10-12-16/h4-13H,3H2,1-2H3. The summed E-state index contributed by atoms with van der Waals surface area (Å²) in [7, 11) is -4.00. The van der Waals surface area contributed by atoms with E-state index < -0.39 is 16.0 Å². The lowest BCUT2D eigenvalue weighted by molar-refractivity contribution is 0.0518. The van der Waals surface area contributed by atoms with E-state index in [1.54, 1.807) is 37.3 Å². The maximum atomic E-state index is 13.4. The van der Waals surface area contributed by atoms with Crippen molar-refractivity contribution >= 4 is 38.6 Å². The number of rotatable bonds is 5. The Labute approximate surface area is 172 Å². The van der Waals surface area contributed by atoms with Crippen LogP contribution in [0.2, 0.25) is 0 Å². The third-order valence-electron chi connectivity index (χ3n) is 4.00. The molecule has 0 saturated carbocycles. The van der Waals surface area contributed by atoms with Crippen LogP contribution in [0.25, 0.3) is 11.3 Å². The molecule has 0 aliphatic carbocycles. The summed E-state index contributed by atoms with van der Waals surface area (Å²) in [5, 5.41) is 0. The molecule has 1 aromatic heterocycles. The molecule has 0 N–H and O–H groups in total. The molecule has 7 heteroatoms. The molecule has 0 fully saturated rings. The van der Waals surface area contributed by atoms with Crippen LogP contribution in [0.4, 0.5) is 0 Å². The van der Waals surface area contributed by atoms with Gasteiger partial charge >= 0.3 is 5.97 Å². The fourth-order valence-electron chi connectivity index (χ4n) is 2.73. The number of esters is 1. The smallest absolute Gasteiger partial charge is 0.356 e. The number of carbonyl (C=O) groups is 1. The molecule has 0 bridgehead atoms. The quantitative estimate of drug-likeness (QED) is 0.387. The van der Waals surface area contributed by atoms with E-state index in [-0.39, 0.29) is 17.2 Å². The Bertz CT molecular complexity index is 1070. The monoisotopic (exact) mass is 495 g/mol. The van der Waals surface area contributed by atoms with Crippen molar-refractivity contribution in [2.24, 2.45) is 0 Å². The molecule has 3 aromatic rings. The Morgan fingerprint density at radius 1 is 1.07 bits per heavy atom. The van der Waals surface area contributed by atoms with Crippen molar-refractivity contribution in [2.75, 3.05) is 6.61 Å². The summed E-state index contributed by atoms with van der Waals surface area (Å²) in [5.41, 5.74) is 2.08. The topological polar surface area (TPSA) is 65.4 Å². The van der Waals surface area contributed by atoms with E-state index in [0.717, 1.165) is 9.54 Å². The van der Waals surface area contributed by atoms with Crippen molar-refractivity contribution in [1.29, 1.82) is 0 Å². The summed E-state index contributed by atoms with van der Waals surface area (Å²) < 4.78 is 33.7. The molecule has 0 saturated heterocycles. The first-order chi connectivity index (χ1) is 12.9. The Morgan fingerprint density at radius 3 is 2.30 bits per heavy atom. The predicted octanol–water partition coefficient (Wildman–Crippen LogP) is 4.48. The van der Waals surface area contributed by atoms with Gasteiger partial charge in [-0.2, -0.15) is 0 Å². The molecule has 0 amide bonds. The zero-order valence-electron chi connectivity index (χ0n) is 14.8. The first-order valence-electron chi connectivity index (χ1n) is 8.32. The van der Waals surface area contributed by atoms with Gasteiger partial charge in [0.2, 0.25) is 0 Å². The van der Waals surface area contributed by atoms with Crippen LogP contribution in [-0.2, 0) is 14.8 Å². The summed E-state index contributed by atoms with van der Waals surface area (Å²) in [5.74, 6) is -0.673. The third-order valence-corrected chi connectivity index (χ3v) is 6.55. The average molecular weight is 495 g/mol. The van der Waals surface area contributed by atoms with Gasteiger partial charge < -0.3 is 4.74 Å². The van der Waals surface area contributed by atoms with E-state index in [1.165, 1.54) is 0 Å². The van der Waals surface area contributed by atoms with Crippen LogP contribution in [0.3, 0.4) is 0 Å². The van der Waals surface area contributed by atoms with Crippen LogP contribution < -0.4 is 0 Å². The van der Waals surface area contributed by atoms with E-state index in [9.17, 15) is 13.2 Å². The largest absolute Gasteiger partial charge is 0.461 e. The fourth-order valence-corrected chi connectivity index (χ4v) is 5.26. The van der Waals surface area contributed by atoms with Crippen LogP contribution in [0, 0.1) is 10.5 Å². The van der Waals surface area contributed by atoms with Gasteiger partial charge in [0.1, 0.15) is 5.69 Å². The fraction of sp³-hybridized carbons (Fsp3) is 0.150. The highest BCUT2D eigenvalue weighted by Gasteiger charge is 2.30. The van der Waals surface area contributed by atoms with E-state index in [2.05, 4.69) is 0 Å². The third kappa shape index (κ3) is 3.79. The molecule has 0 spiro atoms. The van der Waals surface area contributed by atoms with Crippen molar-refractivity contribution in [3.63, 3.8) is 0 Å². The van der Waals surface area contributed by atoms with Crippen molar-refractivity contribution < 1.29 is 17.9 Å². The summed E-state index contributed by atoms with van der Waals surface area (Å²) in [6, 6.07) is 17.2. The molecule has 5 nitrogen and oxygen atoms in total. The Kier molecular flexibility index (Phi) is 5.71. The van der Waals surface area contributed by atoms with E-state index in [4.69, 9.17) is 4.74 Å². The van der Waals surface area contributed by atoms with Gasteiger partial charge in [-0.05, 0) is 54.6 Å². The van der Waals surface area contributed by atoms with Crippen molar-refractivity contribution in [3.8, 4) is 11.3 Å². The molecule has 140 valence electrons. The SMILES string of the molecule is CCOC(=O)c1cc(I)c(-c2ccccc2)n1S(=O)(=O)c1ccc(C)cc1. The second kappa shape index (κ2) is 7.85. The zero-order valence-corrected chi connectivity index (χ0v) is 17.8. The highest BCUT2D eigenvalue weighted by atomic mass is 127. The lowest BCUT2D eigenvalue weighted by atomic mass is 10.2. The second-order valence-electron chi connectivity index (χ2n) is 5.90. The van der Waals surface area contributed by atoms with Gasteiger partial charge in [0.25, 0.3) is 10.0 Å². The molecule has 3 rings (SSSR count). The molecular weight excluding hydrogens is 477 g/mol. The highest BCUT2D eigenvalue weighted by molar-refractivity contribution is 14.1. The number of halogens is 1. The van der Waals surface area contributed by atoms with Crippen molar-refractivity contribution in [3.05, 3.63) is 75.5 Å². The van der Waals surface area contributed by atoms with Gasteiger partial charge in [0, 0.05) is 9.13 Å². The van der Waals surface area contributed by atoms with Crippen LogP contribution in [0.15, 0.2) is 65.6 Å². The number of nitrogens with zero attached hydrogens (tertiary/aromatic N) is 1. The van der Waals surface area contributed by atoms with E-state index in [0.29, 0.717) is 14.8 Å². The molecule has 0 unspecified atom stereocenters. The Hall–Kier alpha value is -2.13. The van der Waals surface area contributed by atoms with Crippen molar-refractivity contribution in [1.82, 2.24) is 3.97 Å². The van der Waals surface area contributed by atoms with Gasteiger partial charge in [0.15, 0.2) is 0 Å². The van der Waals surface area contributed by atoms with Gasteiger partial charge in [-0.3, -0.25) is 0 Å². The number of benzene rings is 2. The lowest BCUT2D eigenvalue weighted by Crippen LogP contribution is -2.21. The first kappa shape index (κ1) is 19.6. The highest BCUT2D eigenvalue weighted by Crippen LogP contribution is 2.33. The van der Waals surface area contributed by atoms with Crippen LogP contribution in [-0.4, -0.2) is 25.0 Å². The number of hydrogen-bond acceptors (Lipinski definition) is 4. The molecule has 0 aliphatic rings. The normalized spacial score (nSPS) is 11.4. The van der Waals surface area contributed by atoms with E-state index in [1.807, 2.05) is 59.8 Å². The summed E-state index contributed by atoms with van der Waals surface area (Å²) in [4.78, 5) is 12.6. The van der Waals surface area contributed by atoms with E-state index >= 15 is 0 Å². The first-order valence-corrected chi connectivity index (χ1v) is 10.8. The minimum absolute atomic E-state index is 0.0133. The molecule has 27 heavy (non-hydrogen) atoms. The number of hydrogen-bond donors (Lipinski definition) is 0. The zero-order chi connectivity index (χ0) is 19.6. The van der Waals surface area contributed by atoms with Crippen LogP contribution in [0.1, 0.15) is 23.0 Å². The van der Waals surface area contributed by atoms with Gasteiger partial charge in [0.05, 0.1) is 17.2 Å². The second-order valence-corrected chi connectivity index (χ2v) is 8.84. The number of aryl methyl sites for hydroxylation is 1. The molecule has 0 radical (unpaired) electrons. The van der Waals surface area contributed by atoms with Crippen molar-refractivity contribution in [2.45, 2.75) is 18.7 Å². The lowest BCUT2D eigenvalue weighted by Gasteiger charge is -2.14. The van der Waals surface area contributed by atoms with Crippen LogP contribution >= 0.6 is 22.6 Å². The Balaban J connectivity index is 2.31. The molecule has 0 aliphatic heterocycles. The maximum absolute atomic E-state index is 13.4. The summed E-state index contributed by atoms with van der Waals surface area (Å²) >= 11 is 2.04. The van der Waals surface area contributed by atoms with Gasteiger partial charge in [-0.15, -0.1) is 0 Å². The van der Waals surface area contributed by atoms with Gasteiger partial charge in [-0.25, -0.2) is 17.2 Å². The Morgan fingerprint density at radius 2 is 1.70 bits per heavy atom. The minimum Gasteiger partial charge on any atom is -0.461 e. The number of ether oxygens (including phenoxy) is 1. The predicted molar refractivity (Wildman–Crippen MR) is 112 cm³/mol. The minimum atomic E-state index is -4.00. The molecular formula is C20H18INO4S. The maximum Gasteiger partial charge on any atom is 0.356 e. The molecule has 1 heterocycles. The van der Waals surface area contributed by atoms with Gasteiger partial charge in [-0.1, -0.05) is 48.0 Å². The summed E-state index contributed by atoms with van der Waals surface area (Å²) in [6.07, 6.45) is 0.